The molecule has 7 heteroatoms. The molecule has 1 amide bonds. The topological polar surface area (TPSA) is 110 Å². The number of hydrogen-bond donors (Lipinski definition) is 3. The molecule has 7 nitrogen and oxygen atoms in total. The van der Waals surface area contributed by atoms with E-state index in [0.717, 1.165) is 12.8 Å². The summed E-state index contributed by atoms with van der Waals surface area (Å²) in [5.74, 6) is -0.251. The van der Waals surface area contributed by atoms with Gasteiger partial charge in [0.15, 0.2) is 0 Å². The lowest BCUT2D eigenvalue weighted by atomic mass is 10.3. The van der Waals surface area contributed by atoms with Gasteiger partial charge in [-0.3, -0.25) is 4.79 Å². The summed E-state index contributed by atoms with van der Waals surface area (Å²) in [7, 11) is 0. The Morgan fingerprint density at radius 1 is 1.54 bits per heavy atom. The largest absolute Gasteiger partial charge is 0.349 e. The molecule has 0 aromatic carbocycles. The molecule has 72 valence electrons. The molecular formula is C6H12N6O. The fourth-order valence-electron chi connectivity index (χ4n) is 0.808. The molecule has 0 aliphatic rings. The monoisotopic (exact) mass is 184 g/mol. The summed E-state index contributed by atoms with van der Waals surface area (Å²) in [5, 5.41) is 15.2. The highest BCUT2D eigenvalue weighted by atomic mass is 16.2. The van der Waals surface area contributed by atoms with E-state index in [1.165, 1.54) is 0 Å². The van der Waals surface area contributed by atoms with Gasteiger partial charge in [0.1, 0.15) is 0 Å². The van der Waals surface area contributed by atoms with E-state index in [2.05, 4.69) is 25.9 Å². The van der Waals surface area contributed by atoms with Gasteiger partial charge in [0.2, 0.25) is 0 Å². The minimum atomic E-state index is -0.314. The summed E-state index contributed by atoms with van der Waals surface area (Å²) in [4.78, 5) is 11.1. The first-order valence-corrected chi connectivity index (χ1v) is 4.06. The van der Waals surface area contributed by atoms with Crippen LogP contribution in [0.1, 0.15) is 23.5 Å². The zero-order valence-electron chi connectivity index (χ0n) is 7.16. The number of unbranched alkanes of at least 4 members (excludes halogenated alkanes) is 1. The number of aromatic nitrogens is 4. The fraction of sp³-hybridized carbons (Fsp3) is 0.667. The van der Waals surface area contributed by atoms with Crippen LogP contribution in [0.25, 0.3) is 0 Å². The summed E-state index contributed by atoms with van der Waals surface area (Å²) in [6.45, 7) is 1.22. The Balaban J connectivity index is 2.19. The summed E-state index contributed by atoms with van der Waals surface area (Å²) < 4.78 is 0. The van der Waals surface area contributed by atoms with Crippen molar-refractivity contribution in [1.82, 2.24) is 25.9 Å². The van der Waals surface area contributed by atoms with Gasteiger partial charge in [-0.15, -0.1) is 10.2 Å². The number of tetrazole rings is 1. The van der Waals surface area contributed by atoms with Crippen molar-refractivity contribution in [3.8, 4) is 0 Å². The maximum absolute atomic E-state index is 11.1. The Bertz CT molecular complexity index is 246. The number of nitrogens with zero attached hydrogens (tertiary/aromatic N) is 3. The van der Waals surface area contributed by atoms with Gasteiger partial charge in [-0.05, 0) is 24.6 Å². The number of H-pyrrole nitrogens is 1. The molecular weight excluding hydrogens is 172 g/mol. The standard InChI is InChI=1S/C6H12N6O/c7-3-1-2-4-8-6(13)5-9-11-12-10-5/h1-4,7H2,(H,8,13)(H,9,10,11,12). The molecule has 0 aliphatic heterocycles. The highest BCUT2D eigenvalue weighted by Crippen LogP contribution is 1.86. The quantitative estimate of drug-likeness (QED) is 0.491. The molecule has 13 heavy (non-hydrogen) atoms. The molecule has 0 unspecified atom stereocenters. The first-order chi connectivity index (χ1) is 6.34. The second-order valence-corrected chi connectivity index (χ2v) is 2.49. The zero-order chi connectivity index (χ0) is 9.52. The Kier molecular flexibility index (Phi) is 3.83. The van der Waals surface area contributed by atoms with Gasteiger partial charge in [0, 0.05) is 6.54 Å². The fourth-order valence-corrected chi connectivity index (χ4v) is 0.808. The number of nitrogens with two attached hydrogens (primary N) is 1. The van der Waals surface area contributed by atoms with Gasteiger partial charge < -0.3 is 11.1 Å². The highest BCUT2D eigenvalue weighted by molar-refractivity contribution is 5.89. The van der Waals surface area contributed by atoms with Crippen LogP contribution in [-0.2, 0) is 0 Å². The molecule has 0 saturated heterocycles. The van der Waals surface area contributed by atoms with Crippen LogP contribution in [-0.4, -0.2) is 39.6 Å². The second kappa shape index (κ2) is 5.20. The summed E-state index contributed by atoms with van der Waals surface area (Å²) in [6.07, 6.45) is 1.76. The molecule has 4 N–H and O–H groups in total. The van der Waals surface area contributed by atoms with Gasteiger partial charge in [-0.25, -0.2) is 0 Å². The predicted octanol–water partition coefficient (Wildman–Crippen LogP) is -1.33. The van der Waals surface area contributed by atoms with E-state index >= 15 is 0 Å². The predicted molar refractivity (Wildman–Crippen MR) is 44.8 cm³/mol. The van der Waals surface area contributed by atoms with Crippen molar-refractivity contribution in [2.45, 2.75) is 12.8 Å². The maximum Gasteiger partial charge on any atom is 0.292 e. The molecule has 0 fully saturated rings. The van der Waals surface area contributed by atoms with Crippen molar-refractivity contribution in [3.63, 3.8) is 0 Å². The van der Waals surface area contributed by atoms with E-state index < -0.39 is 0 Å². The van der Waals surface area contributed by atoms with Crippen molar-refractivity contribution in [2.75, 3.05) is 13.1 Å². The molecule has 1 aromatic heterocycles. The Morgan fingerprint density at radius 2 is 2.38 bits per heavy atom. The van der Waals surface area contributed by atoms with E-state index in [4.69, 9.17) is 5.73 Å². The normalized spacial score (nSPS) is 9.92. The molecule has 1 rings (SSSR count). The van der Waals surface area contributed by atoms with Crippen LogP contribution >= 0.6 is 0 Å². The van der Waals surface area contributed by atoms with Crippen LogP contribution in [0.4, 0.5) is 0 Å². The smallest absolute Gasteiger partial charge is 0.292 e. The number of carbonyl (C=O) groups excluding carboxylic acids is 1. The summed E-state index contributed by atoms with van der Waals surface area (Å²) in [5.41, 5.74) is 5.29. The van der Waals surface area contributed by atoms with Crippen molar-refractivity contribution in [3.05, 3.63) is 5.82 Å². The van der Waals surface area contributed by atoms with E-state index in [1.807, 2.05) is 0 Å². The lowest BCUT2D eigenvalue weighted by Gasteiger charge is -1.99. The van der Waals surface area contributed by atoms with Crippen LogP contribution in [0.5, 0.6) is 0 Å². The van der Waals surface area contributed by atoms with Gasteiger partial charge in [0.05, 0.1) is 0 Å². The van der Waals surface area contributed by atoms with Crippen molar-refractivity contribution in [2.24, 2.45) is 5.73 Å². The summed E-state index contributed by atoms with van der Waals surface area (Å²) >= 11 is 0. The van der Waals surface area contributed by atoms with Gasteiger partial charge in [-0.2, -0.15) is 5.21 Å². The van der Waals surface area contributed by atoms with Gasteiger partial charge >= 0.3 is 0 Å². The number of hydrogen-bond acceptors (Lipinski definition) is 5. The molecule has 0 aliphatic carbocycles. The van der Waals surface area contributed by atoms with Crippen LogP contribution in [0, 0.1) is 0 Å². The molecule has 0 radical (unpaired) electrons. The van der Waals surface area contributed by atoms with E-state index in [1.54, 1.807) is 0 Å². The molecule has 0 bridgehead atoms. The SMILES string of the molecule is NCCCCNC(=O)c1nn[nH]n1. The summed E-state index contributed by atoms with van der Waals surface area (Å²) in [6, 6.07) is 0. The zero-order valence-corrected chi connectivity index (χ0v) is 7.16. The molecule has 0 saturated carbocycles. The van der Waals surface area contributed by atoms with Crippen LogP contribution in [0.2, 0.25) is 0 Å². The van der Waals surface area contributed by atoms with Crippen LogP contribution in [0.15, 0.2) is 0 Å². The number of nitrogens with one attached hydrogen (secondary N) is 2. The molecule has 0 spiro atoms. The third-order valence-electron chi connectivity index (χ3n) is 1.46. The number of amides is 1. The number of rotatable bonds is 5. The van der Waals surface area contributed by atoms with E-state index in [-0.39, 0.29) is 11.7 Å². The molecule has 0 atom stereocenters. The van der Waals surface area contributed by atoms with Crippen molar-refractivity contribution in [1.29, 1.82) is 0 Å². The highest BCUT2D eigenvalue weighted by Gasteiger charge is 2.08. The number of aromatic amines is 1. The van der Waals surface area contributed by atoms with Crippen molar-refractivity contribution >= 4 is 5.91 Å². The third kappa shape index (κ3) is 3.16. The average Bonchev–Trinajstić information content (AvgIpc) is 2.65. The van der Waals surface area contributed by atoms with E-state index in [0.29, 0.717) is 13.1 Å². The second-order valence-electron chi connectivity index (χ2n) is 2.49. The first-order valence-electron chi connectivity index (χ1n) is 4.06. The minimum Gasteiger partial charge on any atom is -0.349 e. The minimum absolute atomic E-state index is 0.0627. The van der Waals surface area contributed by atoms with Crippen molar-refractivity contribution < 1.29 is 4.79 Å². The number of carbonyl (C=O) groups is 1. The first kappa shape index (κ1) is 9.59. The lowest BCUT2D eigenvalue weighted by molar-refractivity contribution is 0.0942. The van der Waals surface area contributed by atoms with Gasteiger partial charge in [-0.1, -0.05) is 0 Å². The molecule has 1 aromatic rings. The van der Waals surface area contributed by atoms with Gasteiger partial charge in [0.25, 0.3) is 11.7 Å². The third-order valence-corrected chi connectivity index (χ3v) is 1.46. The van der Waals surface area contributed by atoms with Crippen LogP contribution in [0.3, 0.4) is 0 Å². The maximum atomic E-state index is 11.1. The Hall–Kier alpha value is -1.50. The average molecular weight is 184 g/mol. The van der Waals surface area contributed by atoms with E-state index in [9.17, 15) is 4.79 Å². The molecule has 1 heterocycles. The Morgan fingerprint density at radius 3 is 3.00 bits per heavy atom. The lowest BCUT2D eigenvalue weighted by Crippen LogP contribution is -2.26. The Labute approximate surface area is 75.1 Å². The van der Waals surface area contributed by atoms with Crippen LogP contribution < -0.4 is 11.1 Å².